The van der Waals surface area contributed by atoms with Crippen molar-refractivity contribution in [3.63, 3.8) is 0 Å². The lowest BCUT2D eigenvalue weighted by Crippen LogP contribution is -2.15. The normalized spacial score (nSPS) is 17.1. The second-order valence-corrected chi connectivity index (χ2v) is 8.45. The summed E-state index contributed by atoms with van der Waals surface area (Å²) < 4.78 is 0. The van der Waals surface area contributed by atoms with Gasteiger partial charge in [0.25, 0.3) is 0 Å². The van der Waals surface area contributed by atoms with Gasteiger partial charge in [0, 0.05) is 9.75 Å². The average molecular weight is 250 g/mol. The quantitative estimate of drug-likeness (QED) is 0.592. The van der Waals surface area contributed by atoms with Crippen LogP contribution in [0.1, 0.15) is 75.3 Å². The Hall–Kier alpha value is -0.300. The Bertz CT molecular complexity index is 371. The third-order valence-electron chi connectivity index (χ3n) is 3.58. The maximum absolute atomic E-state index is 2.36. The van der Waals surface area contributed by atoms with Gasteiger partial charge in [0.2, 0.25) is 0 Å². The molecule has 1 heterocycles. The van der Waals surface area contributed by atoms with Crippen LogP contribution in [-0.2, 0) is 23.7 Å². The minimum Gasteiger partial charge on any atom is -0.144 e. The van der Waals surface area contributed by atoms with Gasteiger partial charge in [0.1, 0.15) is 0 Å². The number of hydrogen-bond donors (Lipinski definition) is 0. The lowest BCUT2D eigenvalue weighted by atomic mass is 9.81. The van der Waals surface area contributed by atoms with Crippen LogP contribution in [-0.4, -0.2) is 0 Å². The summed E-state index contributed by atoms with van der Waals surface area (Å²) in [5.74, 6) is 0. The SMILES string of the molecule is CC(C)(C)c1sc(C(C)(C)C)c2c1CCCC2. The van der Waals surface area contributed by atoms with Crippen LogP contribution in [0.2, 0.25) is 0 Å². The Balaban J connectivity index is 2.60. The van der Waals surface area contributed by atoms with Crippen LogP contribution in [0.4, 0.5) is 0 Å². The van der Waals surface area contributed by atoms with Crippen molar-refractivity contribution in [3.05, 3.63) is 20.9 Å². The minimum atomic E-state index is 0.315. The van der Waals surface area contributed by atoms with Crippen LogP contribution in [0.15, 0.2) is 0 Å². The fraction of sp³-hybridized carbons (Fsp3) is 0.750. The molecule has 0 atom stereocenters. The molecule has 0 N–H and O–H groups in total. The smallest absolute Gasteiger partial charge is 0.0137 e. The Labute approximate surface area is 110 Å². The summed E-state index contributed by atoms with van der Waals surface area (Å²) in [6.07, 6.45) is 5.40. The second kappa shape index (κ2) is 4.12. The Kier molecular flexibility index (Phi) is 3.18. The van der Waals surface area contributed by atoms with E-state index in [0.717, 1.165) is 0 Å². The van der Waals surface area contributed by atoms with Crippen molar-refractivity contribution in [3.8, 4) is 0 Å². The average Bonchev–Trinajstić information content (AvgIpc) is 2.55. The zero-order valence-corrected chi connectivity index (χ0v) is 13.1. The predicted molar refractivity (Wildman–Crippen MR) is 78.4 cm³/mol. The third-order valence-corrected chi connectivity index (χ3v) is 5.71. The van der Waals surface area contributed by atoms with Gasteiger partial charge in [-0.05, 0) is 47.6 Å². The zero-order chi connectivity index (χ0) is 12.8. The van der Waals surface area contributed by atoms with Gasteiger partial charge in [-0.25, -0.2) is 0 Å². The minimum absolute atomic E-state index is 0.315. The molecule has 0 spiro atoms. The molecule has 0 saturated carbocycles. The van der Waals surface area contributed by atoms with E-state index in [1.807, 2.05) is 0 Å². The van der Waals surface area contributed by atoms with Crippen LogP contribution in [0.25, 0.3) is 0 Å². The van der Waals surface area contributed by atoms with Crippen LogP contribution >= 0.6 is 11.3 Å². The van der Waals surface area contributed by atoms with Gasteiger partial charge in [-0.15, -0.1) is 11.3 Å². The molecule has 0 nitrogen and oxygen atoms in total. The molecule has 1 heteroatoms. The van der Waals surface area contributed by atoms with Gasteiger partial charge < -0.3 is 0 Å². The Morgan fingerprint density at radius 1 is 0.706 bits per heavy atom. The van der Waals surface area contributed by atoms with E-state index in [4.69, 9.17) is 0 Å². The number of thiophene rings is 1. The molecule has 1 aromatic rings. The molecule has 0 aromatic carbocycles. The van der Waals surface area contributed by atoms with E-state index >= 15 is 0 Å². The fourth-order valence-electron chi connectivity index (χ4n) is 2.84. The summed E-state index contributed by atoms with van der Waals surface area (Å²) in [6.45, 7) is 14.2. The predicted octanol–water partition coefficient (Wildman–Crippen LogP) is 5.22. The summed E-state index contributed by atoms with van der Waals surface area (Å²) >= 11 is 2.09. The zero-order valence-electron chi connectivity index (χ0n) is 12.2. The lowest BCUT2D eigenvalue weighted by molar-refractivity contribution is 0.573. The molecule has 0 radical (unpaired) electrons. The van der Waals surface area contributed by atoms with Gasteiger partial charge >= 0.3 is 0 Å². The summed E-state index contributed by atoms with van der Waals surface area (Å²) in [5.41, 5.74) is 4.04. The van der Waals surface area contributed by atoms with E-state index in [1.165, 1.54) is 25.7 Å². The molecule has 0 bridgehead atoms. The van der Waals surface area contributed by atoms with Gasteiger partial charge in [0.05, 0.1) is 0 Å². The van der Waals surface area contributed by atoms with Crippen molar-refractivity contribution in [1.29, 1.82) is 0 Å². The highest BCUT2D eigenvalue weighted by molar-refractivity contribution is 7.12. The number of hydrogen-bond acceptors (Lipinski definition) is 1. The van der Waals surface area contributed by atoms with Crippen molar-refractivity contribution in [2.24, 2.45) is 0 Å². The van der Waals surface area contributed by atoms with E-state index in [9.17, 15) is 0 Å². The summed E-state index contributed by atoms with van der Waals surface area (Å²) in [7, 11) is 0. The molecule has 1 aliphatic carbocycles. The summed E-state index contributed by atoms with van der Waals surface area (Å²) in [4.78, 5) is 3.30. The molecule has 1 aromatic heterocycles. The highest BCUT2D eigenvalue weighted by Crippen LogP contribution is 2.45. The molecule has 1 aliphatic rings. The van der Waals surface area contributed by atoms with E-state index < -0.39 is 0 Å². The van der Waals surface area contributed by atoms with E-state index in [2.05, 4.69) is 52.9 Å². The van der Waals surface area contributed by atoms with Crippen LogP contribution < -0.4 is 0 Å². The van der Waals surface area contributed by atoms with Gasteiger partial charge in [-0.3, -0.25) is 0 Å². The molecule has 0 saturated heterocycles. The Morgan fingerprint density at radius 3 is 1.35 bits per heavy atom. The van der Waals surface area contributed by atoms with Gasteiger partial charge in [-0.2, -0.15) is 0 Å². The lowest BCUT2D eigenvalue weighted by Gasteiger charge is -2.22. The van der Waals surface area contributed by atoms with E-state index in [-0.39, 0.29) is 0 Å². The number of fused-ring (bicyclic) bond motifs is 1. The highest BCUT2D eigenvalue weighted by Gasteiger charge is 2.31. The molecule has 0 amide bonds. The molecule has 96 valence electrons. The third kappa shape index (κ3) is 2.45. The monoisotopic (exact) mass is 250 g/mol. The van der Waals surface area contributed by atoms with Crippen molar-refractivity contribution < 1.29 is 0 Å². The molecular weight excluding hydrogens is 224 g/mol. The first-order chi connectivity index (χ1) is 7.71. The standard InChI is InChI=1S/C16H26S/c1-15(2,3)13-11-9-7-8-10-12(11)14(17-13)16(4,5)6/h7-10H2,1-6H3. The molecule has 17 heavy (non-hydrogen) atoms. The van der Waals surface area contributed by atoms with Crippen LogP contribution in [0, 0.1) is 0 Å². The molecule has 0 aliphatic heterocycles. The molecule has 0 fully saturated rings. The van der Waals surface area contributed by atoms with Gasteiger partial charge in [0.15, 0.2) is 0 Å². The van der Waals surface area contributed by atoms with E-state index in [0.29, 0.717) is 10.8 Å². The second-order valence-electron chi connectivity index (χ2n) is 7.42. The van der Waals surface area contributed by atoms with Crippen molar-refractivity contribution in [1.82, 2.24) is 0 Å². The topological polar surface area (TPSA) is 0 Å². The van der Waals surface area contributed by atoms with E-state index in [1.54, 1.807) is 20.9 Å². The molecular formula is C16H26S. The maximum atomic E-state index is 2.36. The molecule has 2 rings (SSSR count). The summed E-state index contributed by atoms with van der Waals surface area (Å²) in [5, 5.41) is 0. The van der Waals surface area contributed by atoms with Crippen molar-refractivity contribution in [2.75, 3.05) is 0 Å². The van der Waals surface area contributed by atoms with Crippen LogP contribution in [0.5, 0.6) is 0 Å². The highest BCUT2D eigenvalue weighted by atomic mass is 32.1. The van der Waals surface area contributed by atoms with Gasteiger partial charge in [-0.1, -0.05) is 41.5 Å². The number of rotatable bonds is 0. The first-order valence-corrected chi connectivity index (χ1v) is 7.68. The van der Waals surface area contributed by atoms with Crippen LogP contribution in [0.3, 0.4) is 0 Å². The Morgan fingerprint density at radius 2 is 1.06 bits per heavy atom. The van der Waals surface area contributed by atoms with Crippen molar-refractivity contribution in [2.45, 2.75) is 78.1 Å². The first-order valence-electron chi connectivity index (χ1n) is 6.87. The largest absolute Gasteiger partial charge is 0.144 e. The maximum Gasteiger partial charge on any atom is 0.0137 e. The molecule has 0 unspecified atom stereocenters. The first kappa shape index (κ1) is 13.1. The fourth-order valence-corrected chi connectivity index (χ4v) is 4.36. The summed E-state index contributed by atoms with van der Waals surface area (Å²) in [6, 6.07) is 0. The van der Waals surface area contributed by atoms with Crippen molar-refractivity contribution >= 4 is 11.3 Å².